The van der Waals surface area contributed by atoms with Crippen LogP contribution in [0, 0.1) is 5.82 Å². The first-order valence-electron chi connectivity index (χ1n) is 9.02. The summed E-state index contributed by atoms with van der Waals surface area (Å²) in [6.07, 6.45) is 0. The van der Waals surface area contributed by atoms with Crippen molar-refractivity contribution in [3.63, 3.8) is 0 Å². The maximum Gasteiger partial charge on any atom is 0.260 e. The largest absolute Gasteiger partial charge is 0.309 e. The van der Waals surface area contributed by atoms with Gasteiger partial charge >= 0.3 is 0 Å². The van der Waals surface area contributed by atoms with Crippen LogP contribution in [-0.2, 0) is 5.75 Å². The second kappa shape index (κ2) is 8.22. The van der Waals surface area contributed by atoms with Crippen molar-refractivity contribution >= 4 is 44.9 Å². The molecule has 0 aliphatic heterocycles. The summed E-state index contributed by atoms with van der Waals surface area (Å²) in [6.45, 7) is 0. The highest BCUT2D eigenvalue weighted by Gasteiger charge is 2.15. The van der Waals surface area contributed by atoms with E-state index in [9.17, 15) is 9.18 Å². The Morgan fingerprint density at radius 1 is 1.13 bits per heavy atom. The third-order valence-electron chi connectivity index (χ3n) is 4.50. The number of nitrogens with zero attached hydrogens (tertiary/aromatic N) is 5. The summed E-state index contributed by atoms with van der Waals surface area (Å²) in [4.78, 5) is 20.8. The first-order chi connectivity index (χ1) is 15.1. The van der Waals surface area contributed by atoms with E-state index in [-0.39, 0.29) is 11.4 Å². The fraction of sp³-hybridized carbons (Fsp3) is 0.0500. The number of rotatable bonds is 5. The van der Waals surface area contributed by atoms with Crippen LogP contribution >= 0.6 is 34.7 Å². The molecule has 0 aliphatic carbocycles. The lowest BCUT2D eigenvalue weighted by Gasteiger charge is -2.05. The van der Waals surface area contributed by atoms with E-state index in [1.54, 1.807) is 28.9 Å². The second-order valence-electron chi connectivity index (χ2n) is 6.49. The molecule has 0 radical (unpaired) electrons. The molecule has 31 heavy (non-hydrogen) atoms. The molecule has 0 unspecified atom stereocenters. The molecule has 0 saturated carbocycles. The monoisotopic (exact) mass is 470 g/mol. The van der Waals surface area contributed by atoms with Crippen molar-refractivity contribution in [1.82, 2.24) is 30.2 Å². The highest BCUT2D eigenvalue weighted by Crippen LogP contribution is 2.31. The van der Waals surface area contributed by atoms with Crippen LogP contribution in [0.15, 0.2) is 63.9 Å². The zero-order valence-electron chi connectivity index (χ0n) is 15.6. The van der Waals surface area contributed by atoms with Crippen LogP contribution < -0.4 is 5.56 Å². The Kier molecular flexibility index (Phi) is 5.26. The van der Waals surface area contributed by atoms with E-state index in [1.165, 1.54) is 35.2 Å². The Morgan fingerprint density at radius 2 is 1.90 bits per heavy atom. The van der Waals surface area contributed by atoms with Gasteiger partial charge in [0, 0.05) is 16.0 Å². The molecule has 0 saturated heterocycles. The van der Waals surface area contributed by atoms with Gasteiger partial charge in [-0.2, -0.15) is 4.68 Å². The molecule has 11 heteroatoms. The van der Waals surface area contributed by atoms with E-state index in [0.717, 1.165) is 16.8 Å². The van der Waals surface area contributed by atoms with E-state index < -0.39 is 0 Å². The number of thioether (sulfide) groups is 1. The maximum absolute atomic E-state index is 13.2. The van der Waals surface area contributed by atoms with Crippen LogP contribution in [0.25, 0.3) is 27.0 Å². The van der Waals surface area contributed by atoms with Crippen molar-refractivity contribution in [2.45, 2.75) is 10.9 Å². The van der Waals surface area contributed by atoms with Crippen LogP contribution in [0.3, 0.4) is 0 Å². The number of H-pyrrole nitrogens is 1. The average molecular weight is 471 g/mol. The lowest BCUT2D eigenvalue weighted by Crippen LogP contribution is -2.11. The molecule has 7 nitrogen and oxygen atoms in total. The maximum atomic E-state index is 13.2. The van der Waals surface area contributed by atoms with Gasteiger partial charge in [0.15, 0.2) is 0 Å². The predicted octanol–water partition coefficient (Wildman–Crippen LogP) is 4.71. The predicted molar refractivity (Wildman–Crippen MR) is 119 cm³/mol. The van der Waals surface area contributed by atoms with Gasteiger partial charge in [-0.25, -0.2) is 9.37 Å². The fourth-order valence-electron chi connectivity index (χ4n) is 3.05. The first kappa shape index (κ1) is 19.9. The summed E-state index contributed by atoms with van der Waals surface area (Å²) in [5.74, 6) is 0.569. The normalized spacial score (nSPS) is 11.3. The van der Waals surface area contributed by atoms with Crippen molar-refractivity contribution < 1.29 is 4.39 Å². The minimum absolute atomic E-state index is 0.238. The Labute approximate surface area is 187 Å². The molecule has 0 amide bonds. The number of aromatic amines is 1. The molecule has 0 atom stereocenters. The Bertz CT molecular complexity index is 1430. The zero-order valence-corrected chi connectivity index (χ0v) is 18.0. The number of benzene rings is 2. The van der Waals surface area contributed by atoms with Gasteiger partial charge in [-0.15, -0.1) is 16.4 Å². The van der Waals surface area contributed by atoms with Crippen molar-refractivity contribution in [3.8, 4) is 16.8 Å². The third-order valence-corrected chi connectivity index (χ3v) is 6.55. The SMILES string of the molecule is O=c1[nH]c(CSc2nnnn2-c2ccc(Cl)cc2)nc2scc(-c3ccc(F)cc3)c12. The number of hydrogen-bond acceptors (Lipinski definition) is 7. The minimum atomic E-state index is -0.324. The number of thiophene rings is 1. The molecule has 3 heterocycles. The van der Waals surface area contributed by atoms with Gasteiger partial charge in [0.05, 0.1) is 16.8 Å². The summed E-state index contributed by atoms with van der Waals surface area (Å²) in [7, 11) is 0. The molecule has 3 aromatic heterocycles. The summed E-state index contributed by atoms with van der Waals surface area (Å²) in [6, 6.07) is 13.2. The molecule has 0 spiro atoms. The van der Waals surface area contributed by atoms with Gasteiger partial charge in [-0.3, -0.25) is 4.79 Å². The van der Waals surface area contributed by atoms with Crippen molar-refractivity contribution in [1.29, 1.82) is 0 Å². The number of hydrogen-bond donors (Lipinski definition) is 1. The van der Waals surface area contributed by atoms with E-state index in [0.29, 0.717) is 32.0 Å². The summed E-state index contributed by atoms with van der Waals surface area (Å²) in [5.41, 5.74) is 2.04. The molecule has 154 valence electrons. The van der Waals surface area contributed by atoms with Crippen LogP contribution in [0.2, 0.25) is 5.02 Å². The Morgan fingerprint density at radius 3 is 2.68 bits per heavy atom. The minimum Gasteiger partial charge on any atom is -0.309 e. The lowest BCUT2D eigenvalue weighted by molar-refractivity contribution is 0.628. The van der Waals surface area contributed by atoms with Gasteiger partial charge in [-0.1, -0.05) is 35.5 Å². The molecule has 0 fully saturated rings. The molecule has 0 aliphatic rings. The average Bonchev–Trinajstić information content (AvgIpc) is 3.41. The van der Waals surface area contributed by atoms with Crippen LogP contribution in [0.4, 0.5) is 4.39 Å². The van der Waals surface area contributed by atoms with Crippen molar-refractivity contribution in [2.24, 2.45) is 0 Å². The second-order valence-corrected chi connectivity index (χ2v) is 8.72. The number of fused-ring (bicyclic) bond motifs is 1. The smallest absolute Gasteiger partial charge is 0.260 e. The lowest BCUT2D eigenvalue weighted by atomic mass is 10.1. The Balaban J connectivity index is 1.41. The highest BCUT2D eigenvalue weighted by atomic mass is 35.5. The van der Waals surface area contributed by atoms with Crippen LogP contribution in [0.1, 0.15) is 5.82 Å². The Hall–Kier alpha value is -3.08. The fourth-order valence-corrected chi connectivity index (χ4v) is 4.90. The van der Waals surface area contributed by atoms with Crippen LogP contribution in [-0.4, -0.2) is 30.2 Å². The molecule has 0 bridgehead atoms. The molecule has 1 N–H and O–H groups in total. The number of tetrazole rings is 1. The third kappa shape index (κ3) is 3.97. The van der Waals surface area contributed by atoms with Gasteiger partial charge < -0.3 is 4.98 Å². The van der Waals surface area contributed by atoms with Gasteiger partial charge in [-0.05, 0) is 52.4 Å². The summed E-state index contributed by atoms with van der Waals surface area (Å²) in [5, 5.41) is 15.3. The summed E-state index contributed by atoms with van der Waals surface area (Å²) < 4.78 is 14.8. The van der Waals surface area contributed by atoms with E-state index in [2.05, 4.69) is 25.5 Å². The van der Waals surface area contributed by atoms with Gasteiger partial charge in [0.1, 0.15) is 16.5 Å². The number of aromatic nitrogens is 6. The van der Waals surface area contributed by atoms with E-state index in [4.69, 9.17) is 11.6 Å². The number of nitrogens with one attached hydrogen (secondary N) is 1. The topological polar surface area (TPSA) is 89.4 Å². The quantitative estimate of drug-likeness (QED) is 0.374. The number of halogens is 2. The molecule has 5 rings (SSSR count). The molecule has 2 aromatic carbocycles. The molecular weight excluding hydrogens is 459 g/mol. The molecule has 5 aromatic rings. The standard InChI is InChI=1S/C20H12ClFN6OS2/c21-12-3-7-14(8-4-12)28-20(25-26-27-28)31-10-16-23-18(29)17-15(9-30-19(17)24-16)11-1-5-13(22)6-2-11/h1-9H,10H2,(H,23,24,29). The zero-order chi connectivity index (χ0) is 21.4. The van der Waals surface area contributed by atoms with Gasteiger partial charge in [0.2, 0.25) is 5.16 Å². The van der Waals surface area contributed by atoms with E-state index >= 15 is 0 Å². The summed E-state index contributed by atoms with van der Waals surface area (Å²) >= 11 is 8.67. The van der Waals surface area contributed by atoms with Crippen LogP contribution in [0.5, 0.6) is 0 Å². The van der Waals surface area contributed by atoms with Crippen molar-refractivity contribution in [3.05, 3.63) is 80.9 Å². The van der Waals surface area contributed by atoms with E-state index in [1.807, 2.05) is 17.5 Å². The van der Waals surface area contributed by atoms with Crippen molar-refractivity contribution in [2.75, 3.05) is 0 Å². The first-order valence-corrected chi connectivity index (χ1v) is 11.3. The molecular formula is C20H12ClFN6OS2. The highest BCUT2D eigenvalue weighted by molar-refractivity contribution is 7.98. The van der Waals surface area contributed by atoms with Gasteiger partial charge in [0.25, 0.3) is 5.56 Å².